The summed E-state index contributed by atoms with van der Waals surface area (Å²) in [5.41, 5.74) is 4.00. The Morgan fingerprint density at radius 2 is 1.73 bits per heavy atom. The van der Waals surface area contributed by atoms with E-state index in [4.69, 9.17) is 19.3 Å². The van der Waals surface area contributed by atoms with E-state index in [2.05, 4.69) is 10.1 Å². The molecule has 3 aromatic heterocycles. The first-order valence-electron chi connectivity index (χ1n) is 12.9. The number of fused-ring (bicyclic) bond motifs is 2. The summed E-state index contributed by atoms with van der Waals surface area (Å²) in [6.07, 6.45) is 7.44. The lowest BCUT2D eigenvalue weighted by molar-refractivity contribution is 0.171. The second kappa shape index (κ2) is 10.4. The minimum atomic E-state index is -0.234. The van der Waals surface area contributed by atoms with Crippen molar-refractivity contribution in [3.8, 4) is 34.2 Å². The van der Waals surface area contributed by atoms with Crippen LogP contribution in [0, 0.1) is 0 Å². The Kier molecular flexibility index (Phi) is 6.29. The van der Waals surface area contributed by atoms with Gasteiger partial charge in [0.05, 0.1) is 17.3 Å². The van der Waals surface area contributed by atoms with Gasteiger partial charge in [-0.3, -0.25) is 4.79 Å². The smallest absolute Gasteiger partial charge is 0.291 e. The van der Waals surface area contributed by atoms with Gasteiger partial charge in [-0.05, 0) is 60.2 Å². The summed E-state index contributed by atoms with van der Waals surface area (Å²) in [6.45, 7) is 1.01. The third-order valence-electron chi connectivity index (χ3n) is 6.60. The first-order valence-corrected chi connectivity index (χ1v) is 13.7. The standard InChI is InChI=1S/C31H23N5O4S/c1-38-24-11-7-20(8-12-24)9-14-28-32-31-36(33-28)30(37)27(41-31)18-22-19-35(23-5-3-2-4-6-23)34-29(22)21-10-13-25-26(17-21)40-16-15-39-25/h2-14,17-19H,15-16H2,1H3/b14-9+,27-18-. The van der Waals surface area contributed by atoms with Gasteiger partial charge in [0, 0.05) is 17.3 Å². The van der Waals surface area contributed by atoms with Crippen LogP contribution < -0.4 is 24.3 Å². The van der Waals surface area contributed by atoms with Crippen molar-refractivity contribution >= 4 is 34.5 Å². The lowest BCUT2D eigenvalue weighted by Gasteiger charge is -2.18. The highest BCUT2D eigenvalue weighted by Crippen LogP contribution is 2.35. The van der Waals surface area contributed by atoms with Crippen molar-refractivity contribution in [3.05, 3.63) is 111 Å². The summed E-state index contributed by atoms with van der Waals surface area (Å²) in [4.78, 5) is 18.4. The highest BCUT2D eigenvalue weighted by molar-refractivity contribution is 7.15. The number of rotatable bonds is 6. The van der Waals surface area contributed by atoms with Gasteiger partial charge >= 0.3 is 0 Å². The fourth-order valence-corrected chi connectivity index (χ4v) is 5.47. The van der Waals surface area contributed by atoms with Gasteiger partial charge in [-0.25, -0.2) is 4.68 Å². The molecule has 0 N–H and O–H groups in total. The Labute approximate surface area is 238 Å². The van der Waals surface area contributed by atoms with E-state index in [0.29, 0.717) is 45.7 Å². The molecule has 10 heteroatoms. The molecule has 202 valence electrons. The SMILES string of the molecule is COc1ccc(/C=C/c2nc3s/c(=C\c4cn(-c5ccccc5)nc4-c4ccc5c(c4)OCCO5)c(=O)n3n2)cc1. The first-order chi connectivity index (χ1) is 20.1. The van der Waals surface area contributed by atoms with E-state index in [1.165, 1.54) is 15.9 Å². The molecule has 0 radical (unpaired) electrons. The van der Waals surface area contributed by atoms with Crippen molar-refractivity contribution in [2.24, 2.45) is 0 Å². The molecule has 0 saturated heterocycles. The molecule has 0 fully saturated rings. The number of benzene rings is 3. The normalized spacial score (nSPS) is 13.3. The van der Waals surface area contributed by atoms with Gasteiger partial charge in [-0.15, -0.1) is 5.10 Å². The molecule has 9 nitrogen and oxygen atoms in total. The molecule has 41 heavy (non-hydrogen) atoms. The van der Waals surface area contributed by atoms with Crippen LogP contribution in [0.2, 0.25) is 0 Å². The molecule has 4 heterocycles. The lowest BCUT2D eigenvalue weighted by atomic mass is 10.1. The molecular formula is C31H23N5O4S. The Hall–Kier alpha value is -5.22. The molecule has 3 aromatic carbocycles. The molecule has 6 aromatic rings. The van der Waals surface area contributed by atoms with Crippen LogP contribution in [-0.4, -0.2) is 44.7 Å². The fourth-order valence-electron chi connectivity index (χ4n) is 4.57. The molecule has 0 aliphatic carbocycles. The van der Waals surface area contributed by atoms with E-state index < -0.39 is 0 Å². The van der Waals surface area contributed by atoms with E-state index in [1.807, 2.05) is 95.8 Å². The van der Waals surface area contributed by atoms with Gasteiger partial charge in [-0.2, -0.15) is 14.6 Å². The van der Waals surface area contributed by atoms with Crippen molar-refractivity contribution in [1.82, 2.24) is 24.4 Å². The number of methoxy groups -OCH3 is 1. The summed E-state index contributed by atoms with van der Waals surface area (Å²) in [5, 5.41) is 9.31. The van der Waals surface area contributed by atoms with Crippen LogP contribution in [0.1, 0.15) is 17.0 Å². The van der Waals surface area contributed by atoms with E-state index in [9.17, 15) is 4.79 Å². The Bertz CT molecular complexity index is 2010. The summed E-state index contributed by atoms with van der Waals surface area (Å²) in [7, 11) is 1.63. The molecule has 0 unspecified atom stereocenters. The third-order valence-corrected chi connectivity index (χ3v) is 7.56. The Morgan fingerprint density at radius 3 is 2.51 bits per heavy atom. The Balaban J connectivity index is 1.27. The van der Waals surface area contributed by atoms with Crippen LogP contribution in [0.25, 0.3) is 40.1 Å². The maximum atomic E-state index is 13.3. The average molecular weight is 562 g/mol. The zero-order valence-corrected chi connectivity index (χ0v) is 22.7. The Morgan fingerprint density at radius 1 is 0.927 bits per heavy atom. The van der Waals surface area contributed by atoms with Gasteiger partial charge in [0.25, 0.3) is 5.56 Å². The third kappa shape index (κ3) is 4.85. The van der Waals surface area contributed by atoms with E-state index >= 15 is 0 Å². The lowest BCUT2D eigenvalue weighted by Crippen LogP contribution is -2.23. The van der Waals surface area contributed by atoms with Crippen LogP contribution in [0.5, 0.6) is 17.2 Å². The fraction of sp³-hybridized carbons (Fsp3) is 0.0968. The first kappa shape index (κ1) is 24.8. The number of nitrogens with zero attached hydrogens (tertiary/aromatic N) is 5. The zero-order chi connectivity index (χ0) is 27.8. The average Bonchev–Trinajstić information content (AvgIpc) is 3.71. The largest absolute Gasteiger partial charge is 0.497 e. The number of ether oxygens (including phenoxy) is 3. The number of hydrogen-bond donors (Lipinski definition) is 0. The number of aromatic nitrogens is 5. The van der Waals surface area contributed by atoms with Crippen molar-refractivity contribution in [2.45, 2.75) is 0 Å². The molecule has 0 saturated carbocycles. The van der Waals surface area contributed by atoms with Crippen molar-refractivity contribution in [2.75, 3.05) is 20.3 Å². The van der Waals surface area contributed by atoms with Crippen LogP contribution in [0.3, 0.4) is 0 Å². The molecule has 1 aliphatic rings. The summed E-state index contributed by atoms with van der Waals surface area (Å²) in [6, 6.07) is 23.2. The van der Waals surface area contributed by atoms with Crippen molar-refractivity contribution in [1.29, 1.82) is 0 Å². The van der Waals surface area contributed by atoms with Crippen LogP contribution in [0.15, 0.2) is 83.8 Å². The molecule has 0 bridgehead atoms. The monoisotopic (exact) mass is 561 g/mol. The summed E-state index contributed by atoms with van der Waals surface area (Å²) >= 11 is 1.29. The van der Waals surface area contributed by atoms with Gasteiger partial charge in [0.15, 0.2) is 17.3 Å². The molecule has 0 spiro atoms. The van der Waals surface area contributed by atoms with Gasteiger partial charge in [0.2, 0.25) is 4.96 Å². The predicted molar refractivity (Wildman–Crippen MR) is 158 cm³/mol. The molecule has 7 rings (SSSR count). The highest BCUT2D eigenvalue weighted by Gasteiger charge is 2.17. The van der Waals surface area contributed by atoms with E-state index in [-0.39, 0.29) is 5.56 Å². The molecule has 0 amide bonds. The van der Waals surface area contributed by atoms with E-state index in [0.717, 1.165) is 28.1 Å². The van der Waals surface area contributed by atoms with Crippen molar-refractivity contribution < 1.29 is 14.2 Å². The van der Waals surface area contributed by atoms with Gasteiger partial charge in [0.1, 0.15) is 24.7 Å². The minimum Gasteiger partial charge on any atom is -0.497 e. The number of hydrogen-bond acceptors (Lipinski definition) is 8. The minimum absolute atomic E-state index is 0.234. The number of para-hydroxylation sites is 1. The second-order valence-corrected chi connectivity index (χ2v) is 10.3. The highest BCUT2D eigenvalue weighted by atomic mass is 32.1. The second-order valence-electron chi connectivity index (χ2n) is 9.26. The predicted octanol–water partition coefficient (Wildman–Crippen LogP) is 4.50. The van der Waals surface area contributed by atoms with Crippen LogP contribution >= 0.6 is 11.3 Å². The van der Waals surface area contributed by atoms with Crippen LogP contribution in [-0.2, 0) is 0 Å². The number of thiazole rings is 1. The summed E-state index contributed by atoms with van der Waals surface area (Å²) in [5.74, 6) is 2.63. The summed E-state index contributed by atoms with van der Waals surface area (Å²) < 4.78 is 20.4. The quantitative estimate of drug-likeness (QED) is 0.296. The molecular weight excluding hydrogens is 538 g/mol. The maximum Gasteiger partial charge on any atom is 0.291 e. The van der Waals surface area contributed by atoms with E-state index in [1.54, 1.807) is 13.2 Å². The zero-order valence-electron chi connectivity index (χ0n) is 21.9. The van der Waals surface area contributed by atoms with Crippen molar-refractivity contribution in [3.63, 3.8) is 0 Å². The maximum absolute atomic E-state index is 13.3. The van der Waals surface area contributed by atoms with Gasteiger partial charge in [-0.1, -0.05) is 47.7 Å². The topological polar surface area (TPSA) is 92.8 Å². The molecule has 1 aliphatic heterocycles. The van der Waals surface area contributed by atoms with Crippen LogP contribution in [0.4, 0.5) is 0 Å². The van der Waals surface area contributed by atoms with Gasteiger partial charge < -0.3 is 14.2 Å². The molecule has 0 atom stereocenters.